The van der Waals surface area contributed by atoms with E-state index in [0.717, 1.165) is 24.1 Å². The molecule has 118 valence electrons. The summed E-state index contributed by atoms with van der Waals surface area (Å²) in [4.78, 5) is 14.1. The third-order valence-electron chi connectivity index (χ3n) is 3.59. The number of aromatic amines is 1. The molecule has 0 bridgehead atoms. The molecule has 0 spiro atoms. The number of unbranched alkanes of at least 4 members (excludes halogenated alkanes) is 1. The number of amides is 1. The molecule has 0 atom stereocenters. The van der Waals surface area contributed by atoms with Crippen molar-refractivity contribution in [1.82, 2.24) is 15.1 Å². The number of aromatic nitrogens is 2. The van der Waals surface area contributed by atoms with E-state index in [1.165, 1.54) is 5.56 Å². The molecule has 0 saturated carbocycles. The molecule has 1 heterocycles. The van der Waals surface area contributed by atoms with Crippen molar-refractivity contribution in [3.05, 3.63) is 41.6 Å². The van der Waals surface area contributed by atoms with Gasteiger partial charge >= 0.3 is 0 Å². The minimum atomic E-state index is -0.117. The van der Waals surface area contributed by atoms with Crippen LogP contribution in [0, 0.1) is 6.92 Å². The van der Waals surface area contributed by atoms with E-state index in [2.05, 4.69) is 17.1 Å². The van der Waals surface area contributed by atoms with Crippen LogP contribution in [0.25, 0.3) is 11.3 Å². The average Bonchev–Trinajstić information content (AvgIpc) is 3.01. The molecule has 0 radical (unpaired) electrons. The summed E-state index contributed by atoms with van der Waals surface area (Å²) in [5.41, 5.74) is 3.37. The largest absolute Gasteiger partial charge is 0.395 e. The molecule has 1 aromatic carbocycles. The maximum absolute atomic E-state index is 12.5. The lowest BCUT2D eigenvalue weighted by Gasteiger charge is -2.20. The van der Waals surface area contributed by atoms with Crippen molar-refractivity contribution in [2.24, 2.45) is 0 Å². The van der Waals surface area contributed by atoms with Crippen LogP contribution in [0.5, 0.6) is 0 Å². The van der Waals surface area contributed by atoms with Crippen LogP contribution in [-0.4, -0.2) is 45.8 Å². The van der Waals surface area contributed by atoms with Gasteiger partial charge in [0.15, 0.2) is 0 Å². The molecular formula is C17H23N3O2. The molecule has 2 N–H and O–H groups in total. The summed E-state index contributed by atoms with van der Waals surface area (Å²) in [5, 5.41) is 16.2. The first kappa shape index (κ1) is 16.2. The summed E-state index contributed by atoms with van der Waals surface area (Å²) in [5.74, 6) is -0.117. The van der Waals surface area contributed by atoms with Gasteiger partial charge in [-0.2, -0.15) is 5.10 Å². The molecule has 0 aliphatic rings. The fourth-order valence-electron chi connectivity index (χ4n) is 2.26. The van der Waals surface area contributed by atoms with Gasteiger partial charge in [-0.05, 0) is 19.4 Å². The summed E-state index contributed by atoms with van der Waals surface area (Å²) in [7, 11) is 0. The average molecular weight is 301 g/mol. The first-order valence-electron chi connectivity index (χ1n) is 7.68. The van der Waals surface area contributed by atoms with Gasteiger partial charge in [-0.3, -0.25) is 9.89 Å². The van der Waals surface area contributed by atoms with Gasteiger partial charge in [0.1, 0.15) is 5.69 Å². The Labute approximate surface area is 131 Å². The number of carbonyl (C=O) groups is 1. The minimum absolute atomic E-state index is 0.0333. The van der Waals surface area contributed by atoms with Gasteiger partial charge in [0.05, 0.1) is 12.3 Å². The summed E-state index contributed by atoms with van der Waals surface area (Å²) >= 11 is 0. The predicted molar refractivity (Wildman–Crippen MR) is 86.7 cm³/mol. The number of hydrogen-bond donors (Lipinski definition) is 2. The SMILES string of the molecule is CCCCN(CCO)C(=O)c1cc(-c2ccc(C)cc2)n[nH]1. The van der Waals surface area contributed by atoms with E-state index in [-0.39, 0.29) is 12.5 Å². The molecule has 0 aliphatic heterocycles. The highest BCUT2D eigenvalue weighted by Gasteiger charge is 2.17. The molecule has 1 aromatic heterocycles. The van der Waals surface area contributed by atoms with Gasteiger partial charge in [0.2, 0.25) is 0 Å². The number of nitrogens with one attached hydrogen (secondary N) is 1. The Hall–Kier alpha value is -2.14. The maximum Gasteiger partial charge on any atom is 0.271 e. The van der Waals surface area contributed by atoms with Crippen molar-refractivity contribution in [2.45, 2.75) is 26.7 Å². The van der Waals surface area contributed by atoms with E-state index in [1.54, 1.807) is 11.0 Å². The van der Waals surface area contributed by atoms with Gasteiger partial charge in [-0.25, -0.2) is 0 Å². The van der Waals surface area contributed by atoms with Crippen LogP contribution in [0.3, 0.4) is 0 Å². The zero-order chi connectivity index (χ0) is 15.9. The molecule has 2 rings (SSSR count). The Morgan fingerprint density at radius 2 is 2.00 bits per heavy atom. The molecule has 2 aromatic rings. The lowest BCUT2D eigenvalue weighted by atomic mass is 10.1. The molecule has 0 unspecified atom stereocenters. The third-order valence-corrected chi connectivity index (χ3v) is 3.59. The first-order chi connectivity index (χ1) is 10.7. The topological polar surface area (TPSA) is 69.2 Å². The normalized spacial score (nSPS) is 10.7. The maximum atomic E-state index is 12.5. The summed E-state index contributed by atoms with van der Waals surface area (Å²) in [6.45, 7) is 5.07. The third kappa shape index (κ3) is 3.95. The van der Waals surface area contributed by atoms with Gasteiger partial charge in [0, 0.05) is 18.7 Å². The lowest BCUT2D eigenvalue weighted by molar-refractivity contribution is 0.0713. The van der Waals surface area contributed by atoms with Crippen molar-refractivity contribution in [2.75, 3.05) is 19.7 Å². The number of benzene rings is 1. The van der Waals surface area contributed by atoms with E-state index < -0.39 is 0 Å². The van der Waals surface area contributed by atoms with Crippen molar-refractivity contribution >= 4 is 5.91 Å². The second kappa shape index (κ2) is 7.75. The number of rotatable bonds is 7. The van der Waals surface area contributed by atoms with Crippen molar-refractivity contribution in [3.63, 3.8) is 0 Å². The quantitative estimate of drug-likeness (QED) is 0.826. The monoisotopic (exact) mass is 301 g/mol. The number of nitrogens with zero attached hydrogens (tertiary/aromatic N) is 2. The second-order valence-electron chi connectivity index (χ2n) is 5.40. The Balaban J connectivity index is 2.14. The van der Waals surface area contributed by atoms with E-state index >= 15 is 0 Å². The van der Waals surface area contributed by atoms with E-state index in [1.807, 2.05) is 31.2 Å². The van der Waals surface area contributed by atoms with Crippen LogP contribution >= 0.6 is 0 Å². The summed E-state index contributed by atoms with van der Waals surface area (Å²) in [6.07, 6.45) is 1.93. The Morgan fingerprint density at radius 3 is 2.64 bits per heavy atom. The van der Waals surface area contributed by atoms with E-state index in [0.29, 0.717) is 18.8 Å². The lowest BCUT2D eigenvalue weighted by Crippen LogP contribution is -2.34. The van der Waals surface area contributed by atoms with Crippen LogP contribution in [0.2, 0.25) is 0 Å². The number of aliphatic hydroxyl groups is 1. The molecule has 0 aliphatic carbocycles. The van der Waals surface area contributed by atoms with Crippen LogP contribution < -0.4 is 0 Å². The van der Waals surface area contributed by atoms with Crippen molar-refractivity contribution < 1.29 is 9.90 Å². The second-order valence-corrected chi connectivity index (χ2v) is 5.40. The molecule has 0 fully saturated rings. The number of hydrogen-bond acceptors (Lipinski definition) is 3. The van der Waals surface area contributed by atoms with Crippen LogP contribution in [0.4, 0.5) is 0 Å². The van der Waals surface area contributed by atoms with E-state index in [9.17, 15) is 4.79 Å². The number of carbonyl (C=O) groups excluding carboxylic acids is 1. The highest BCUT2D eigenvalue weighted by atomic mass is 16.3. The van der Waals surface area contributed by atoms with Crippen LogP contribution in [-0.2, 0) is 0 Å². The highest BCUT2D eigenvalue weighted by molar-refractivity contribution is 5.93. The van der Waals surface area contributed by atoms with Gasteiger partial charge in [0.25, 0.3) is 5.91 Å². The van der Waals surface area contributed by atoms with Gasteiger partial charge in [-0.15, -0.1) is 0 Å². The number of aliphatic hydroxyl groups excluding tert-OH is 1. The minimum Gasteiger partial charge on any atom is -0.395 e. The molecule has 1 amide bonds. The number of H-pyrrole nitrogens is 1. The van der Waals surface area contributed by atoms with E-state index in [4.69, 9.17) is 5.11 Å². The molecule has 5 nitrogen and oxygen atoms in total. The van der Waals surface area contributed by atoms with Crippen LogP contribution in [0.1, 0.15) is 35.8 Å². The first-order valence-corrected chi connectivity index (χ1v) is 7.68. The van der Waals surface area contributed by atoms with Crippen LogP contribution in [0.15, 0.2) is 30.3 Å². The zero-order valence-electron chi connectivity index (χ0n) is 13.2. The molecule has 22 heavy (non-hydrogen) atoms. The van der Waals surface area contributed by atoms with Gasteiger partial charge < -0.3 is 10.0 Å². The van der Waals surface area contributed by atoms with Crippen molar-refractivity contribution in [3.8, 4) is 11.3 Å². The fourth-order valence-corrected chi connectivity index (χ4v) is 2.26. The fraction of sp³-hybridized carbons (Fsp3) is 0.412. The highest BCUT2D eigenvalue weighted by Crippen LogP contribution is 2.19. The molecule has 5 heteroatoms. The Morgan fingerprint density at radius 1 is 1.27 bits per heavy atom. The smallest absolute Gasteiger partial charge is 0.271 e. The summed E-state index contributed by atoms with van der Waals surface area (Å²) < 4.78 is 0. The predicted octanol–water partition coefficient (Wildman–Crippen LogP) is 2.62. The molecular weight excluding hydrogens is 278 g/mol. The standard InChI is InChI=1S/C17H23N3O2/c1-3-4-9-20(10-11-21)17(22)16-12-15(18-19-16)14-7-5-13(2)6-8-14/h5-8,12,21H,3-4,9-11H2,1-2H3,(H,18,19). The zero-order valence-corrected chi connectivity index (χ0v) is 13.2. The summed E-state index contributed by atoms with van der Waals surface area (Å²) in [6, 6.07) is 9.78. The van der Waals surface area contributed by atoms with Gasteiger partial charge in [-0.1, -0.05) is 43.2 Å². The molecule has 0 saturated heterocycles. The van der Waals surface area contributed by atoms with Crippen molar-refractivity contribution in [1.29, 1.82) is 0 Å². The Kier molecular flexibility index (Phi) is 5.72. The number of aryl methyl sites for hydroxylation is 1. The Bertz CT molecular complexity index is 605.